The number of aromatic nitrogens is 3. The second-order valence-electron chi connectivity index (χ2n) is 5.34. The number of H-pyrrole nitrogens is 1. The summed E-state index contributed by atoms with van der Waals surface area (Å²) in [6.45, 7) is 4.72. The highest BCUT2D eigenvalue weighted by molar-refractivity contribution is 5.02. The van der Waals surface area contributed by atoms with Gasteiger partial charge in [0.2, 0.25) is 0 Å². The fraction of sp³-hybridized carbons (Fsp3) is 0.833. The third kappa shape index (κ3) is 2.43. The van der Waals surface area contributed by atoms with Gasteiger partial charge in [0.05, 0.1) is 17.9 Å². The first kappa shape index (κ1) is 11.6. The Morgan fingerprint density at radius 3 is 2.50 bits per heavy atom. The van der Waals surface area contributed by atoms with Crippen LogP contribution in [0, 0.1) is 17.8 Å². The third-order valence-electron chi connectivity index (χ3n) is 3.75. The molecule has 0 spiro atoms. The van der Waals surface area contributed by atoms with Gasteiger partial charge in [-0.25, -0.2) is 0 Å². The van der Waals surface area contributed by atoms with E-state index in [2.05, 4.69) is 34.6 Å². The molecule has 0 amide bonds. The topological polar surface area (TPSA) is 53.6 Å². The number of rotatable bonds is 3. The van der Waals surface area contributed by atoms with Crippen molar-refractivity contribution < 1.29 is 0 Å². The number of nitrogens with one attached hydrogen (secondary N) is 2. The molecule has 4 heteroatoms. The van der Waals surface area contributed by atoms with E-state index in [0.717, 1.165) is 17.5 Å². The molecule has 1 fully saturated rings. The largest absolute Gasteiger partial charge is 0.311 e. The van der Waals surface area contributed by atoms with Crippen molar-refractivity contribution in [3.8, 4) is 0 Å². The van der Waals surface area contributed by atoms with Gasteiger partial charge in [0.25, 0.3) is 0 Å². The summed E-state index contributed by atoms with van der Waals surface area (Å²) >= 11 is 0. The lowest BCUT2D eigenvalue weighted by atomic mass is 9.73. The van der Waals surface area contributed by atoms with Gasteiger partial charge < -0.3 is 5.32 Å². The lowest BCUT2D eigenvalue weighted by molar-refractivity contribution is 0.179. The van der Waals surface area contributed by atoms with Crippen molar-refractivity contribution in [3.63, 3.8) is 0 Å². The van der Waals surface area contributed by atoms with Gasteiger partial charge in [-0.05, 0) is 44.1 Å². The maximum absolute atomic E-state index is 4.21. The van der Waals surface area contributed by atoms with Crippen LogP contribution in [0.3, 0.4) is 0 Å². The Labute approximate surface area is 97.2 Å². The predicted molar refractivity (Wildman–Crippen MR) is 63.9 cm³/mol. The fourth-order valence-corrected chi connectivity index (χ4v) is 3.27. The highest BCUT2D eigenvalue weighted by Crippen LogP contribution is 2.38. The van der Waals surface area contributed by atoms with E-state index in [4.69, 9.17) is 0 Å². The molecule has 0 aromatic carbocycles. The molecule has 0 aliphatic heterocycles. The molecule has 2 rings (SSSR count). The van der Waals surface area contributed by atoms with E-state index < -0.39 is 0 Å². The minimum absolute atomic E-state index is 0.351. The van der Waals surface area contributed by atoms with Crippen molar-refractivity contribution in [1.29, 1.82) is 0 Å². The van der Waals surface area contributed by atoms with Crippen molar-refractivity contribution >= 4 is 0 Å². The minimum atomic E-state index is 0.351. The molecule has 0 radical (unpaired) electrons. The molecular weight excluding hydrogens is 200 g/mol. The van der Waals surface area contributed by atoms with E-state index in [0.29, 0.717) is 12.0 Å². The summed E-state index contributed by atoms with van der Waals surface area (Å²) < 4.78 is 0. The average molecular weight is 222 g/mol. The van der Waals surface area contributed by atoms with Gasteiger partial charge in [-0.1, -0.05) is 13.8 Å². The van der Waals surface area contributed by atoms with Crippen LogP contribution in [0.25, 0.3) is 0 Å². The van der Waals surface area contributed by atoms with Gasteiger partial charge in [-0.2, -0.15) is 15.4 Å². The zero-order valence-corrected chi connectivity index (χ0v) is 10.4. The fourth-order valence-electron chi connectivity index (χ4n) is 3.27. The second kappa shape index (κ2) is 4.95. The average Bonchev–Trinajstić information content (AvgIpc) is 2.70. The molecule has 3 atom stereocenters. The normalized spacial score (nSPS) is 32.6. The van der Waals surface area contributed by atoms with E-state index >= 15 is 0 Å². The molecular formula is C12H22N4. The molecule has 1 aromatic rings. The Morgan fingerprint density at radius 2 is 2.00 bits per heavy atom. The molecule has 0 bridgehead atoms. The van der Waals surface area contributed by atoms with Crippen LogP contribution in [0.15, 0.2) is 6.20 Å². The second-order valence-corrected chi connectivity index (χ2v) is 5.34. The Hall–Kier alpha value is -0.900. The zero-order valence-electron chi connectivity index (χ0n) is 10.4. The molecule has 1 aliphatic carbocycles. The Bertz CT molecular complexity index is 299. The highest BCUT2D eigenvalue weighted by Gasteiger charge is 2.31. The van der Waals surface area contributed by atoms with Gasteiger partial charge in [0, 0.05) is 0 Å². The van der Waals surface area contributed by atoms with Crippen molar-refractivity contribution in [3.05, 3.63) is 11.9 Å². The summed E-state index contributed by atoms with van der Waals surface area (Å²) in [6, 6.07) is 0.351. The lowest BCUT2D eigenvalue weighted by Gasteiger charge is -2.35. The minimum Gasteiger partial charge on any atom is -0.311 e. The summed E-state index contributed by atoms with van der Waals surface area (Å²) in [7, 11) is 2.02. The van der Waals surface area contributed by atoms with E-state index in [1.54, 1.807) is 0 Å². The van der Waals surface area contributed by atoms with Crippen LogP contribution < -0.4 is 5.32 Å². The summed E-state index contributed by atoms with van der Waals surface area (Å²) in [6.07, 6.45) is 5.79. The molecule has 16 heavy (non-hydrogen) atoms. The Kier molecular flexibility index (Phi) is 3.59. The first-order chi connectivity index (χ1) is 7.70. The van der Waals surface area contributed by atoms with Crippen LogP contribution in [-0.4, -0.2) is 22.5 Å². The maximum atomic E-state index is 4.21. The molecule has 1 aliphatic rings. The lowest BCUT2D eigenvalue weighted by Crippen LogP contribution is -2.31. The number of aromatic amines is 1. The Balaban J connectivity index is 2.09. The van der Waals surface area contributed by atoms with E-state index in [9.17, 15) is 0 Å². The molecule has 1 aromatic heterocycles. The molecule has 90 valence electrons. The first-order valence-electron chi connectivity index (χ1n) is 6.23. The smallest absolute Gasteiger partial charge is 0.0996 e. The predicted octanol–water partition coefficient (Wildman–Crippen LogP) is 2.14. The van der Waals surface area contributed by atoms with Crippen LogP contribution in [-0.2, 0) is 0 Å². The molecule has 4 nitrogen and oxygen atoms in total. The summed E-state index contributed by atoms with van der Waals surface area (Å²) in [5.41, 5.74) is 1.05. The maximum Gasteiger partial charge on any atom is 0.0996 e. The van der Waals surface area contributed by atoms with Gasteiger partial charge >= 0.3 is 0 Å². The van der Waals surface area contributed by atoms with Gasteiger partial charge in [-0.3, -0.25) is 0 Å². The van der Waals surface area contributed by atoms with Crippen LogP contribution in [0.4, 0.5) is 0 Å². The van der Waals surface area contributed by atoms with Crippen LogP contribution in [0.1, 0.15) is 44.8 Å². The summed E-state index contributed by atoms with van der Waals surface area (Å²) in [5, 5.41) is 14.2. The van der Waals surface area contributed by atoms with Crippen LogP contribution >= 0.6 is 0 Å². The summed E-state index contributed by atoms with van der Waals surface area (Å²) in [4.78, 5) is 0. The molecule has 0 saturated heterocycles. The number of hydrogen-bond acceptors (Lipinski definition) is 3. The SMILES string of the molecule is CNC(c1cn[nH]n1)C1CC(C)CC(C)C1. The van der Waals surface area contributed by atoms with Gasteiger partial charge in [0.1, 0.15) is 0 Å². The summed E-state index contributed by atoms with van der Waals surface area (Å²) in [5.74, 6) is 2.35. The highest BCUT2D eigenvalue weighted by atomic mass is 15.3. The van der Waals surface area contributed by atoms with Crippen LogP contribution in [0.5, 0.6) is 0 Å². The van der Waals surface area contributed by atoms with E-state index in [1.165, 1.54) is 19.3 Å². The Morgan fingerprint density at radius 1 is 1.31 bits per heavy atom. The molecule has 3 unspecified atom stereocenters. The van der Waals surface area contributed by atoms with Gasteiger partial charge in [0.15, 0.2) is 0 Å². The standard InChI is InChI=1S/C12H22N4/c1-8-4-9(2)6-10(5-8)12(13-3)11-7-14-16-15-11/h7-10,12-13H,4-6H2,1-3H3,(H,14,15,16). The quantitative estimate of drug-likeness (QED) is 0.824. The molecule has 1 saturated carbocycles. The van der Waals surface area contributed by atoms with Gasteiger partial charge in [-0.15, -0.1) is 0 Å². The van der Waals surface area contributed by atoms with E-state index in [1.807, 2.05) is 13.2 Å². The molecule has 2 N–H and O–H groups in total. The first-order valence-corrected chi connectivity index (χ1v) is 6.23. The number of hydrogen-bond donors (Lipinski definition) is 2. The van der Waals surface area contributed by atoms with Crippen molar-refractivity contribution in [2.75, 3.05) is 7.05 Å². The van der Waals surface area contributed by atoms with Crippen molar-refractivity contribution in [1.82, 2.24) is 20.7 Å². The number of nitrogens with zero attached hydrogens (tertiary/aromatic N) is 2. The zero-order chi connectivity index (χ0) is 11.5. The van der Waals surface area contributed by atoms with Crippen LogP contribution in [0.2, 0.25) is 0 Å². The molecule has 1 heterocycles. The van der Waals surface area contributed by atoms with Crippen molar-refractivity contribution in [2.24, 2.45) is 17.8 Å². The third-order valence-corrected chi connectivity index (χ3v) is 3.75. The van der Waals surface area contributed by atoms with E-state index in [-0.39, 0.29) is 0 Å². The monoisotopic (exact) mass is 222 g/mol. The van der Waals surface area contributed by atoms with Crippen molar-refractivity contribution in [2.45, 2.75) is 39.2 Å².